The first-order valence-corrected chi connectivity index (χ1v) is 16.6. The summed E-state index contributed by atoms with van der Waals surface area (Å²) in [6.07, 6.45) is 11.8. The van der Waals surface area contributed by atoms with Gasteiger partial charge in [-0.15, -0.1) is 45.3 Å². The number of ether oxygens (including phenoxy) is 2. The molecule has 6 heterocycles. The summed E-state index contributed by atoms with van der Waals surface area (Å²) in [5, 5.41) is 0. The van der Waals surface area contributed by atoms with E-state index in [1.165, 1.54) is 19.5 Å². The Morgan fingerprint density at radius 2 is 0.795 bits per heavy atom. The second-order valence-electron chi connectivity index (χ2n) is 9.42. The molecule has 2 nitrogen and oxygen atoms in total. The fourth-order valence-electron chi connectivity index (χ4n) is 4.49. The van der Waals surface area contributed by atoms with Crippen LogP contribution in [0.25, 0.3) is 23.0 Å². The van der Waals surface area contributed by atoms with Crippen molar-refractivity contribution in [1.82, 2.24) is 0 Å². The highest BCUT2D eigenvalue weighted by atomic mass is 32.1. The molecule has 0 unspecified atom stereocenters. The Morgan fingerprint density at radius 3 is 1.08 bits per heavy atom. The Hall–Kier alpha value is -2.90. The average Bonchev–Trinajstić information content (AvgIpc) is 3.79. The molecule has 0 amide bonds. The van der Waals surface area contributed by atoms with Gasteiger partial charge in [0.2, 0.25) is 0 Å². The monoisotopic (exact) mass is 586 g/mol. The van der Waals surface area contributed by atoms with Crippen LogP contribution >= 0.6 is 45.3 Å². The zero-order valence-electron chi connectivity index (χ0n) is 22.5. The third kappa shape index (κ3) is 5.57. The summed E-state index contributed by atoms with van der Waals surface area (Å²) in [6, 6.07) is 17.5. The summed E-state index contributed by atoms with van der Waals surface area (Å²) in [5.74, 6) is 3.60. The van der Waals surface area contributed by atoms with Crippen LogP contribution in [-0.4, -0.2) is 0 Å². The van der Waals surface area contributed by atoms with Crippen molar-refractivity contribution in [2.75, 3.05) is 0 Å². The van der Waals surface area contributed by atoms with E-state index in [1.54, 1.807) is 45.3 Å². The van der Waals surface area contributed by atoms with Crippen molar-refractivity contribution in [3.8, 4) is 0 Å². The van der Waals surface area contributed by atoms with Gasteiger partial charge in [-0.05, 0) is 110 Å². The van der Waals surface area contributed by atoms with Crippen LogP contribution in [0.15, 0.2) is 84.0 Å². The highest BCUT2D eigenvalue weighted by Gasteiger charge is 2.23. The predicted octanol–water partition coefficient (Wildman–Crippen LogP) is 10.7. The molecule has 0 atom stereocenters. The van der Waals surface area contributed by atoms with Gasteiger partial charge in [0.25, 0.3) is 0 Å². The van der Waals surface area contributed by atoms with Crippen molar-refractivity contribution in [1.29, 1.82) is 0 Å². The van der Waals surface area contributed by atoms with Crippen LogP contribution < -0.4 is 0 Å². The van der Waals surface area contributed by atoms with E-state index in [4.69, 9.17) is 9.47 Å². The molecule has 4 aromatic heterocycles. The molecule has 6 heteroatoms. The first-order valence-electron chi connectivity index (χ1n) is 13.3. The summed E-state index contributed by atoms with van der Waals surface area (Å²) in [7, 11) is 0. The summed E-state index contributed by atoms with van der Waals surface area (Å²) in [4.78, 5) is 9.95. The Balaban J connectivity index is 1.52. The van der Waals surface area contributed by atoms with Crippen molar-refractivity contribution in [3.63, 3.8) is 0 Å². The van der Waals surface area contributed by atoms with Gasteiger partial charge >= 0.3 is 0 Å². The van der Waals surface area contributed by atoms with Crippen LogP contribution in [0.3, 0.4) is 0 Å². The van der Waals surface area contributed by atoms with E-state index >= 15 is 0 Å². The highest BCUT2D eigenvalue weighted by molar-refractivity contribution is 7.14. The summed E-state index contributed by atoms with van der Waals surface area (Å²) in [5.41, 5.74) is 2.25. The minimum Gasteiger partial charge on any atom is -0.454 e. The molecule has 0 aromatic carbocycles. The summed E-state index contributed by atoms with van der Waals surface area (Å²) >= 11 is 7.18. The first kappa shape index (κ1) is 26.3. The normalized spacial score (nSPS) is 15.4. The van der Waals surface area contributed by atoms with Gasteiger partial charge in [0.05, 0.1) is 19.5 Å². The van der Waals surface area contributed by atoms with Crippen LogP contribution in [0.4, 0.5) is 0 Å². The van der Waals surface area contributed by atoms with E-state index in [1.807, 2.05) is 0 Å². The Kier molecular flexibility index (Phi) is 7.63. The molecule has 2 aliphatic heterocycles. The molecule has 0 bridgehead atoms. The second kappa shape index (κ2) is 11.3. The van der Waals surface area contributed by atoms with Gasteiger partial charge in [0, 0.05) is 19.5 Å². The van der Waals surface area contributed by atoms with Gasteiger partial charge < -0.3 is 9.47 Å². The number of hydrogen-bond acceptors (Lipinski definition) is 6. The Bertz CT molecular complexity index is 1610. The maximum atomic E-state index is 6.58. The quantitative estimate of drug-likeness (QED) is 0.214. The van der Waals surface area contributed by atoms with Crippen molar-refractivity contribution in [2.24, 2.45) is 0 Å². The first-order chi connectivity index (χ1) is 19.0. The molecule has 39 heavy (non-hydrogen) atoms. The van der Waals surface area contributed by atoms with Crippen molar-refractivity contribution in [3.05, 3.63) is 123 Å². The fourth-order valence-corrected chi connectivity index (χ4v) is 8.01. The van der Waals surface area contributed by atoms with Gasteiger partial charge in [-0.25, -0.2) is 0 Å². The van der Waals surface area contributed by atoms with Crippen LogP contribution in [0.1, 0.15) is 59.8 Å². The molecule has 0 aliphatic carbocycles. The molecular weight excluding hydrogens is 557 g/mol. The molecule has 4 aromatic rings. The van der Waals surface area contributed by atoms with Gasteiger partial charge in [-0.1, -0.05) is 20.8 Å². The molecule has 0 N–H and O–H groups in total. The van der Waals surface area contributed by atoms with Crippen molar-refractivity contribution >= 4 is 68.4 Å². The molecule has 0 saturated heterocycles. The molecule has 198 valence electrons. The minimum absolute atomic E-state index is 0.893. The molecule has 0 radical (unpaired) electrons. The third-order valence-corrected chi connectivity index (χ3v) is 11.4. The van der Waals surface area contributed by atoms with E-state index in [0.717, 1.165) is 73.0 Å². The van der Waals surface area contributed by atoms with Gasteiger partial charge in [-0.3, -0.25) is 0 Å². The van der Waals surface area contributed by atoms with Gasteiger partial charge in [0.15, 0.2) is 0 Å². The smallest absolute Gasteiger partial charge is 0.145 e. The third-order valence-electron chi connectivity index (χ3n) is 6.66. The number of hydrogen-bond donors (Lipinski definition) is 0. The van der Waals surface area contributed by atoms with Crippen LogP contribution in [0.5, 0.6) is 0 Å². The Morgan fingerprint density at radius 1 is 0.462 bits per heavy atom. The molecule has 0 saturated carbocycles. The maximum absolute atomic E-state index is 6.58. The molecule has 0 fully saturated rings. The van der Waals surface area contributed by atoms with Crippen LogP contribution in [0, 0.1) is 6.92 Å². The number of allylic oxidation sites excluding steroid dienone is 6. The lowest BCUT2D eigenvalue weighted by Gasteiger charge is -2.21. The number of aryl methyl sites for hydroxylation is 4. The van der Waals surface area contributed by atoms with Crippen molar-refractivity contribution in [2.45, 2.75) is 47.0 Å². The van der Waals surface area contributed by atoms with Gasteiger partial charge in [0.1, 0.15) is 23.0 Å². The Labute approximate surface area is 246 Å². The SMILES string of the molecule is CCc1ccc(C2=CC(=C3C=C(c4ccc(CC)s4)OC(c4ccc(CC)s4)=C3)C=C(c3ccc(C)s3)O2)s1. The standard InChI is InChI=1S/C33H30O2S4/c1-5-23-9-13-31(37-23)27-17-21(16-26(34-27)30-12-8-20(4)36-30)22-18-28(32-14-10-24(6-2)38-32)35-29(19-22)33-15-11-25(7-3)39-33/h8-19H,5-7H2,1-4H3. The van der Waals surface area contributed by atoms with Crippen LogP contribution in [-0.2, 0) is 28.7 Å². The second-order valence-corrected chi connectivity index (χ2v) is 14.2. The van der Waals surface area contributed by atoms with Gasteiger partial charge in [-0.2, -0.15) is 0 Å². The molecule has 0 spiro atoms. The average molecular weight is 587 g/mol. The maximum Gasteiger partial charge on any atom is 0.145 e. The lowest BCUT2D eigenvalue weighted by Crippen LogP contribution is -2.02. The zero-order valence-corrected chi connectivity index (χ0v) is 25.8. The number of rotatable bonds is 7. The van der Waals surface area contributed by atoms with Crippen LogP contribution in [0.2, 0.25) is 0 Å². The van der Waals surface area contributed by atoms with E-state index < -0.39 is 0 Å². The topological polar surface area (TPSA) is 18.5 Å². The summed E-state index contributed by atoms with van der Waals surface area (Å²) in [6.45, 7) is 8.73. The highest BCUT2D eigenvalue weighted by Crippen LogP contribution is 2.42. The van der Waals surface area contributed by atoms with E-state index in [0.29, 0.717) is 0 Å². The van der Waals surface area contributed by atoms with E-state index in [-0.39, 0.29) is 0 Å². The largest absolute Gasteiger partial charge is 0.454 e. The predicted molar refractivity (Wildman–Crippen MR) is 171 cm³/mol. The summed E-state index contributed by atoms with van der Waals surface area (Å²) < 4.78 is 13.1. The lowest BCUT2D eigenvalue weighted by atomic mass is 10.00. The molecular formula is C33H30O2S4. The minimum atomic E-state index is 0.893. The van der Waals surface area contributed by atoms with E-state index in [2.05, 4.69) is 101 Å². The zero-order chi connectivity index (χ0) is 26.9. The van der Waals surface area contributed by atoms with E-state index in [9.17, 15) is 0 Å². The fraction of sp³-hybridized carbons (Fsp3) is 0.212. The van der Waals surface area contributed by atoms with Crippen molar-refractivity contribution < 1.29 is 9.47 Å². The lowest BCUT2D eigenvalue weighted by molar-refractivity contribution is 0.467. The number of thiophene rings is 4. The molecule has 2 aliphatic rings. The molecule has 6 rings (SSSR count).